The van der Waals surface area contributed by atoms with Crippen molar-refractivity contribution in [3.05, 3.63) is 17.5 Å². The van der Waals surface area contributed by atoms with Crippen molar-refractivity contribution in [2.75, 3.05) is 7.11 Å². The molecule has 1 aromatic rings. The summed E-state index contributed by atoms with van der Waals surface area (Å²) in [6, 6.07) is 1.72. The number of aryl methyl sites for hydroxylation is 2. The number of carbonyl (C=O) groups excluding carboxylic acids is 1. The Labute approximate surface area is 94.0 Å². The number of aromatic nitrogens is 2. The summed E-state index contributed by atoms with van der Waals surface area (Å²) >= 11 is 0. The number of aliphatic hydroxyl groups is 1. The predicted octanol–water partition coefficient (Wildman–Crippen LogP) is 0.664. The van der Waals surface area contributed by atoms with Gasteiger partial charge >= 0.3 is 5.97 Å². The van der Waals surface area contributed by atoms with Gasteiger partial charge in [0, 0.05) is 12.7 Å². The van der Waals surface area contributed by atoms with E-state index >= 15 is 0 Å². The summed E-state index contributed by atoms with van der Waals surface area (Å²) in [6.07, 6.45) is 3.23. The Balaban J connectivity index is 2.03. The van der Waals surface area contributed by atoms with Crippen LogP contribution in [0.1, 0.15) is 35.4 Å². The Hall–Kier alpha value is -1.36. The van der Waals surface area contributed by atoms with Gasteiger partial charge in [-0.25, -0.2) is 4.79 Å². The van der Waals surface area contributed by atoms with E-state index in [-0.39, 0.29) is 0 Å². The molecule has 5 nitrogen and oxygen atoms in total. The molecule has 0 radical (unpaired) electrons. The standard InChI is InChI=1S/C11H16N2O3/c1-13-8(3-4-11(15)5-6-11)7-9(12-13)10(14)16-2/h7,15H,3-6H2,1-2H3. The van der Waals surface area contributed by atoms with Gasteiger partial charge in [-0.05, 0) is 31.7 Å². The summed E-state index contributed by atoms with van der Waals surface area (Å²) in [4.78, 5) is 11.2. The van der Waals surface area contributed by atoms with E-state index in [0.717, 1.165) is 31.4 Å². The van der Waals surface area contributed by atoms with Crippen LogP contribution in [0, 0.1) is 0 Å². The van der Waals surface area contributed by atoms with Gasteiger partial charge in [0.2, 0.25) is 0 Å². The van der Waals surface area contributed by atoms with E-state index in [2.05, 4.69) is 9.84 Å². The lowest BCUT2D eigenvalue weighted by Crippen LogP contribution is -2.09. The number of esters is 1. The number of hydrogen-bond acceptors (Lipinski definition) is 4. The summed E-state index contributed by atoms with van der Waals surface area (Å²) in [5, 5.41) is 13.8. The molecule has 16 heavy (non-hydrogen) atoms. The maximum atomic E-state index is 11.2. The molecule has 1 heterocycles. The normalized spacial score (nSPS) is 17.2. The molecule has 2 rings (SSSR count). The van der Waals surface area contributed by atoms with E-state index in [1.165, 1.54) is 7.11 Å². The molecule has 0 aromatic carbocycles. The zero-order valence-electron chi connectivity index (χ0n) is 9.56. The second kappa shape index (κ2) is 3.90. The van der Waals surface area contributed by atoms with E-state index < -0.39 is 11.6 Å². The Bertz CT molecular complexity index is 407. The Morgan fingerprint density at radius 2 is 2.38 bits per heavy atom. The van der Waals surface area contributed by atoms with Gasteiger partial charge < -0.3 is 9.84 Å². The molecule has 1 aliphatic rings. The highest BCUT2D eigenvalue weighted by Crippen LogP contribution is 2.39. The minimum atomic E-state index is -0.463. The largest absolute Gasteiger partial charge is 0.464 e. The van der Waals surface area contributed by atoms with Crippen LogP contribution in [0.25, 0.3) is 0 Å². The molecule has 0 aliphatic heterocycles. The van der Waals surface area contributed by atoms with Crippen LogP contribution >= 0.6 is 0 Å². The molecule has 1 N–H and O–H groups in total. The van der Waals surface area contributed by atoms with Crippen molar-refractivity contribution in [3.8, 4) is 0 Å². The van der Waals surface area contributed by atoms with Gasteiger partial charge in [0.15, 0.2) is 5.69 Å². The highest BCUT2D eigenvalue weighted by atomic mass is 16.5. The molecule has 88 valence electrons. The van der Waals surface area contributed by atoms with Gasteiger partial charge in [0.1, 0.15) is 0 Å². The lowest BCUT2D eigenvalue weighted by atomic mass is 10.1. The molecule has 0 saturated heterocycles. The highest BCUT2D eigenvalue weighted by Gasteiger charge is 2.39. The second-order valence-corrected chi connectivity index (χ2v) is 4.36. The van der Waals surface area contributed by atoms with Gasteiger partial charge in [0.25, 0.3) is 0 Å². The maximum Gasteiger partial charge on any atom is 0.358 e. The van der Waals surface area contributed by atoms with Crippen molar-refractivity contribution >= 4 is 5.97 Å². The second-order valence-electron chi connectivity index (χ2n) is 4.36. The van der Waals surface area contributed by atoms with Gasteiger partial charge in [-0.3, -0.25) is 4.68 Å². The van der Waals surface area contributed by atoms with Crippen LogP contribution < -0.4 is 0 Å². The monoisotopic (exact) mass is 224 g/mol. The average Bonchev–Trinajstić information content (AvgIpc) is 2.88. The van der Waals surface area contributed by atoms with Gasteiger partial charge in [0.05, 0.1) is 12.7 Å². The first-order valence-corrected chi connectivity index (χ1v) is 5.38. The number of ether oxygens (including phenoxy) is 1. The summed E-state index contributed by atoms with van der Waals surface area (Å²) < 4.78 is 6.26. The first-order valence-electron chi connectivity index (χ1n) is 5.38. The van der Waals surface area contributed by atoms with Crippen LogP contribution in [-0.4, -0.2) is 33.6 Å². The van der Waals surface area contributed by atoms with E-state index in [0.29, 0.717) is 5.69 Å². The minimum Gasteiger partial charge on any atom is -0.464 e. The van der Waals surface area contributed by atoms with Crippen molar-refractivity contribution in [3.63, 3.8) is 0 Å². The first-order chi connectivity index (χ1) is 7.54. The van der Waals surface area contributed by atoms with Crippen LogP contribution in [0.3, 0.4) is 0 Å². The third kappa shape index (κ3) is 2.24. The summed E-state index contributed by atoms with van der Waals surface area (Å²) in [5.41, 5.74) is 0.805. The van der Waals surface area contributed by atoms with Gasteiger partial charge in [-0.2, -0.15) is 5.10 Å². The van der Waals surface area contributed by atoms with E-state index in [1.54, 1.807) is 17.8 Å². The molecule has 1 fully saturated rings. The van der Waals surface area contributed by atoms with Crippen LogP contribution in [-0.2, 0) is 18.2 Å². The summed E-state index contributed by atoms with van der Waals surface area (Å²) in [5.74, 6) is -0.424. The van der Waals surface area contributed by atoms with Gasteiger partial charge in [-0.1, -0.05) is 0 Å². The van der Waals surface area contributed by atoms with Crippen molar-refractivity contribution in [2.24, 2.45) is 7.05 Å². The summed E-state index contributed by atoms with van der Waals surface area (Å²) in [7, 11) is 3.13. The fourth-order valence-corrected chi connectivity index (χ4v) is 1.70. The first kappa shape index (κ1) is 11.1. The molecule has 1 aliphatic carbocycles. The van der Waals surface area contributed by atoms with Gasteiger partial charge in [-0.15, -0.1) is 0 Å². The fraction of sp³-hybridized carbons (Fsp3) is 0.636. The number of nitrogens with zero attached hydrogens (tertiary/aromatic N) is 2. The average molecular weight is 224 g/mol. The van der Waals surface area contributed by atoms with Crippen molar-refractivity contribution in [1.82, 2.24) is 9.78 Å². The zero-order valence-corrected chi connectivity index (χ0v) is 9.56. The molecule has 5 heteroatoms. The van der Waals surface area contributed by atoms with Crippen LogP contribution in [0.5, 0.6) is 0 Å². The number of rotatable bonds is 4. The quantitative estimate of drug-likeness (QED) is 0.763. The van der Waals surface area contributed by atoms with Crippen LogP contribution in [0.4, 0.5) is 0 Å². The van der Waals surface area contributed by atoms with Crippen LogP contribution in [0.2, 0.25) is 0 Å². The molecule has 0 amide bonds. The zero-order chi connectivity index (χ0) is 11.8. The molecule has 0 spiro atoms. The molecule has 0 atom stereocenters. The topological polar surface area (TPSA) is 64.3 Å². The molecule has 0 unspecified atom stereocenters. The Morgan fingerprint density at radius 3 is 2.94 bits per heavy atom. The van der Waals surface area contributed by atoms with E-state index in [1.807, 2.05) is 0 Å². The highest BCUT2D eigenvalue weighted by molar-refractivity contribution is 5.87. The van der Waals surface area contributed by atoms with Crippen molar-refractivity contribution in [2.45, 2.75) is 31.3 Å². The maximum absolute atomic E-state index is 11.2. The lowest BCUT2D eigenvalue weighted by molar-refractivity contribution is 0.0593. The van der Waals surface area contributed by atoms with Crippen molar-refractivity contribution < 1.29 is 14.6 Å². The molecule has 0 bridgehead atoms. The number of carbonyl (C=O) groups is 1. The fourth-order valence-electron chi connectivity index (χ4n) is 1.70. The lowest BCUT2D eigenvalue weighted by Gasteiger charge is -2.06. The SMILES string of the molecule is COC(=O)c1cc(CCC2(O)CC2)n(C)n1. The molecule has 1 aromatic heterocycles. The van der Waals surface area contributed by atoms with Crippen molar-refractivity contribution in [1.29, 1.82) is 0 Å². The third-order valence-electron chi connectivity index (χ3n) is 3.04. The number of hydrogen-bond donors (Lipinski definition) is 1. The van der Waals surface area contributed by atoms with E-state index in [9.17, 15) is 9.90 Å². The Kier molecular flexibility index (Phi) is 2.71. The predicted molar refractivity (Wildman–Crippen MR) is 57.1 cm³/mol. The van der Waals surface area contributed by atoms with Crippen LogP contribution in [0.15, 0.2) is 6.07 Å². The number of methoxy groups -OCH3 is 1. The third-order valence-corrected chi connectivity index (χ3v) is 3.04. The minimum absolute atomic E-state index is 0.322. The molecular weight excluding hydrogens is 208 g/mol. The Morgan fingerprint density at radius 1 is 1.69 bits per heavy atom. The summed E-state index contributed by atoms with van der Waals surface area (Å²) in [6.45, 7) is 0. The molecular formula is C11H16N2O3. The van der Waals surface area contributed by atoms with E-state index in [4.69, 9.17) is 0 Å². The smallest absolute Gasteiger partial charge is 0.358 e. The molecule has 1 saturated carbocycles.